The molecule has 0 atom stereocenters. The van der Waals surface area contributed by atoms with Crippen LogP contribution in [0.3, 0.4) is 0 Å². The van der Waals surface area contributed by atoms with Crippen LogP contribution >= 0.6 is 0 Å². The highest BCUT2D eigenvalue weighted by Gasteiger charge is 2.23. The van der Waals surface area contributed by atoms with E-state index in [2.05, 4.69) is 29.8 Å². The molecule has 3 nitrogen and oxygen atoms in total. The van der Waals surface area contributed by atoms with E-state index in [1.54, 1.807) is 0 Å². The highest BCUT2D eigenvalue weighted by atomic mass is 15.2. The van der Waals surface area contributed by atoms with Crippen LogP contribution in [0.2, 0.25) is 0 Å². The number of likely N-dealkylation sites (tertiary alicyclic amines) is 1. The van der Waals surface area contributed by atoms with Crippen LogP contribution in [-0.2, 0) is 0 Å². The van der Waals surface area contributed by atoms with Crippen LogP contribution in [-0.4, -0.2) is 49.1 Å². The number of piperidine rings is 1. The molecule has 1 heterocycles. The molecule has 0 bridgehead atoms. The maximum atomic E-state index is 9.01. The molecule has 3 heteroatoms. The quantitative estimate of drug-likeness (QED) is 0.735. The molecule has 0 aromatic heterocycles. The van der Waals surface area contributed by atoms with Crippen molar-refractivity contribution in [2.75, 3.05) is 33.2 Å². The van der Waals surface area contributed by atoms with Gasteiger partial charge in [0.05, 0.1) is 11.5 Å². The molecule has 0 unspecified atom stereocenters. The molecule has 0 radical (unpaired) electrons. The van der Waals surface area contributed by atoms with Gasteiger partial charge in [-0.3, -0.25) is 0 Å². The van der Waals surface area contributed by atoms with Gasteiger partial charge in [0.1, 0.15) is 0 Å². The predicted molar refractivity (Wildman–Crippen MR) is 71.8 cm³/mol. The van der Waals surface area contributed by atoms with Crippen LogP contribution in [0.5, 0.6) is 0 Å². The minimum atomic E-state index is -0.182. The van der Waals surface area contributed by atoms with Crippen molar-refractivity contribution in [2.24, 2.45) is 5.41 Å². The topological polar surface area (TPSA) is 30.3 Å². The average Bonchev–Trinajstić information content (AvgIpc) is 2.36. The molecule has 0 aliphatic carbocycles. The molecule has 0 N–H and O–H groups in total. The summed E-state index contributed by atoms with van der Waals surface area (Å²) in [5.74, 6) is 0. The molecule has 1 rings (SSSR count). The van der Waals surface area contributed by atoms with Crippen molar-refractivity contribution in [3.05, 3.63) is 0 Å². The largest absolute Gasteiger partial charge is 0.303 e. The molecule has 0 aromatic carbocycles. The van der Waals surface area contributed by atoms with Crippen molar-refractivity contribution >= 4 is 0 Å². The standard InChI is InChI=1S/C14H27N3/c1-5-17-9-6-13(7-10-17)16(4)11-8-14(2,3)12-15/h13H,5-11H2,1-4H3. The van der Waals surface area contributed by atoms with Gasteiger partial charge >= 0.3 is 0 Å². The average molecular weight is 237 g/mol. The number of nitriles is 1. The fraction of sp³-hybridized carbons (Fsp3) is 0.929. The summed E-state index contributed by atoms with van der Waals surface area (Å²) in [4.78, 5) is 4.97. The summed E-state index contributed by atoms with van der Waals surface area (Å²) >= 11 is 0. The molecule has 1 fully saturated rings. The summed E-state index contributed by atoms with van der Waals surface area (Å²) in [6, 6.07) is 3.10. The Bertz CT molecular complexity index is 259. The van der Waals surface area contributed by atoms with Gasteiger partial charge in [-0.05, 0) is 66.3 Å². The smallest absolute Gasteiger partial charge is 0.0684 e. The van der Waals surface area contributed by atoms with Crippen LogP contribution in [0, 0.1) is 16.7 Å². The molecule has 1 aliphatic rings. The number of rotatable bonds is 5. The normalized spacial score (nSPS) is 19.5. The van der Waals surface area contributed by atoms with Crippen LogP contribution in [0.25, 0.3) is 0 Å². The van der Waals surface area contributed by atoms with Gasteiger partial charge in [0.15, 0.2) is 0 Å². The summed E-state index contributed by atoms with van der Waals surface area (Å²) in [7, 11) is 2.21. The maximum absolute atomic E-state index is 9.01. The van der Waals surface area contributed by atoms with Gasteiger partial charge in [-0.1, -0.05) is 6.92 Å². The lowest BCUT2D eigenvalue weighted by atomic mass is 9.91. The van der Waals surface area contributed by atoms with Crippen molar-refractivity contribution in [2.45, 2.75) is 46.1 Å². The minimum Gasteiger partial charge on any atom is -0.303 e. The number of hydrogen-bond donors (Lipinski definition) is 0. The van der Waals surface area contributed by atoms with Crippen molar-refractivity contribution in [1.82, 2.24) is 9.80 Å². The summed E-state index contributed by atoms with van der Waals surface area (Å²) in [5.41, 5.74) is -0.182. The Balaban J connectivity index is 2.30. The van der Waals surface area contributed by atoms with E-state index in [0.717, 1.165) is 13.0 Å². The highest BCUT2D eigenvalue weighted by molar-refractivity contribution is 4.92. The van der Waals surface area contributed by atoms with Gasteiger partial charge in [-0.25, -0.2) is 0 Å². The van der Waals surface area contributed by atoms with Crippen LogP contribution < -0.4 is 0 Å². The molecule has 17 heavy (non-hydrogen) atoms. The monoisotopic (exact) mass is 237 g/mol. The molecule has 98 valence electrons. The first-order valence-electron chi connectivity index (χ1n) is 6.82. The first-order chi connectivity index (χ1) is 7.98. The molecule has 0 aromatic rings. The van der Waals surface area contributed by atoms with Gasteiger partial charge in [0.2, 0.25) is 0 Å². The SMILES string of the molecule is CCN1CCC(N(C)CCC(C)(C)C#N)CC1. The van der Waals surface area contributed by atoms with Crippen molar-refractivity contribution in [3.63, 3.8) is 0 Å². The first kappa shape index (κ1) is 14.5. The molecule has 1 aliphatic heterocycles. The zero-order valence-corrected chi connectivity index (χ0v) is 11.9. The Morgan fingerprint density at radius 2 is 1.94 bits per heavy atom. The van der Waals surface area contributed by atoms with Crippen LogP contribution in [0.15, 0.2) is 0 Å². The summed E-state index contributed by atoms with van der Waals surface area (Å²) in [6.45, 7) is 11.0. The zero-order valence-electron chi connectivity index (χ0n) is 11.9. The predicted octanol–water partition coefficient (Wildman–Crippen LogP) is 2.34. The van der Waals surface area contributed by atoms with E-state index in [4.69, 9.17) is 5.26 Å². The van der Waals surface area contributed by atoms with Gasteiger partial charge in [-0.15, -0.1) is 0 Å². The maximum Gasteiger partial charge on any atom is 0.0684 e. The number of nitrogens with zero attached hydrogens (tertiary/aromatic N) is 3. The fourth-order valence-corrected chi connectivity index (χ4v) is 2.37. The van der Waals surface area contributed by atoms with Crippen molar-refractivity contribution in [1.29, 1.82) is 5.26 Å². The van der Waals surface area contributed by atoms with Crippen LogP contribution in [0.1, 0.15) is 40.0 Å². The Morgan fingerprint density at radius 3 is 2.41 bits per heavy atom. The van der Waals surface area contributed by atoms with Crippen molar-refractivity contribution < 1.29 is 0 Å². The van der Waals surface area contributed by atoms with Crippen LogP contribution in [0.4, 0.5) is 0 Å². The van der Waals surface area contributed by atoms with E-state index in [-0.39, 0.29) is 5.41 Å². The van der Waals surface area contributed by atoms with Gasteiger partial charge < -0.3 is 9.80 Å². The van der Waals surface area contributed by atoms with E-state index >= 15 is 0 Å². The number of hydrogen-bond acceptors (Lipinski definition) is 3. The summed E-state index contributed by atoms with van der Waals surface area (Å²) < 4.78 is 0. The summed E-state index contributed by atoms with van der Waals surface area (Å²) in [5, 5.41) is 9.01. The lowest BCUT2D eigenvalue weighted by Gasteiger charge is -2.37. The third-order valence-corrected chi connectivity index (χ3v) is 4.02. The second kappa shape index (κ2) is 6.37. The first-order valence-corrected chi connectivity index (χ1v) is 6.82. The van der Waals surface area contributed by atoms with Gasteiger partial charge in [-0.2, -0.15) is 5.26 Å². The molecular weight excluding hydrogens is 210 g/mol. The Kier molecular flexibility index (Phi) is 5.42. The highest BCUT2D eigenvalue weighted by Crippen LogP contribution is 2.21. The molecule has 0 saturated carbocycles. The Morgan fingerprint density at radius 1 is 1.35 bits per heavy atom. The Labute approximate surface area is 106 Å². The molecule has 0 spiro atoms. The third kappa shape index (κ3) is 4.65. The minimum absolute atomic E-state index is 0.182. The van der Waals surface area contributed by atoms with E-state index in [9.17, 15) is 0 Å². The lowest BCUT2D eigenvalue weighted by molar-refractivity contribution is 0.124. The van der Waals surface area contributed by atoms with E-state index in [1.807, 2.05) is 13.8 Å². The molecule has 0 amide bonds. The van der Waals surface area contributed by atoms with Gasteiger partial charge in [0, 0.05) is 6.04 Å². The lowest BCUT2D eigenvalue weighted by Crippen LogP contribution is -2.44. The zero-order chi connectivity index (χ0) is 12.9. The molecule has 1 saturated heterocycles. The van der Waals surface area contributed by atoms with Gasteiger partial charge in [0.25, 0.3) is 0 Å². The van der Waals surface area contributed by atoms with E-state index in [1.165, 1.54) is 32.5 Å². The Hall–Kier alpha value is -0.590. The second-order valence-corrected chi connectivity index (χ2v) is 5.89. The second-order valence-electron chi connectivity index (χ2n) is 5.89. The summed E-state index contributed by atoms with van der Waals surface area (Å²) in [6.07, 6.45) is 3.52. The molecular formula is C14H27N3. The fourth-order valence-electron chi connectivity index (χ4n) is 2.37. The van der Waals surface area contributed by atoms with E-state index in [0.29, 0.717) is 6.04 Å². The van der Waals surface area contributed by atoms with E-state index < -0.39 is 0 Å². The van der Waals surface area contributed by atoms with Crippen molar-refractivity contribution in [3.8, 4) is 6.07 Å². The third-order valence-electron chi connectivity index (χ3n) is 4.02.